The molecule has 0 amide bonds. The predicted octanol–water partition coefficient (Wildman–Crippen LogP) is 3.23. The number of H-pyrrole nitrogens is 2. The normalized spacial score (nSPS) is 14.2. The minimum atomic E-state index is -0.236. The van der Waals surface area contributed by atoms with Crippen LogP contribution in [0.15, 0.2) is 33.7 Å². The zero-order chi connectivity index (χ0) is 16.0. The Balaban J connectivity index is 1.85. The van der Waals surface area contributed by atoms with Crippen LogP contribution in [0.5, 0.6) is 11.5 Å². The van der Waals surface area contributed by atoms with Crippen molar-refractivity contribution in [1.29, 1.82) is 0 Å². The number of nitrogens with one attached hydrogen (secondary N) is 2. The van der Waals surface area contributed by atoms with E-state index in [-0.39, 0.29) is 11.7 Å². The summed E-state index contributed by atoms with van der Waals surface area (Å²) < 4.78 is 12.0. The fraction of sp³-hybridized carbons (Fsp3) is 0.250. The summed E-state index contributed by atoms with van der Waals surface area (Å²) in [6.07, 6.45) is 4.02. The number of ether oxygens (including phenoxy) is 2. The molecule has 2 heterocycles. The molecule has 1 saturated carbocycles. The van der Waals surface area contributed by atoms with E-state index in [1.54, 1.807) is 13.3 Å². The van der Waals surface area contributed by atoms with E-state index in [0.717, 1.165) is 24.1 Å². The summed E-state index contributed by atoms with van der Waals surface area (Å²) in [4.78, 5) is 15.2. The van der Waals surface area contributed by atoms with Gasteiger partial charge in [-0.15, -0.1) is 0 Å². The highest BCUT2D eigenvalue weighted by Gasteiger charge is 2.25. The average molecular weight is 376 g/mol. The summed E-state index contributed by atoms with van der Waals surface area (Å²) >= 11 is 3.51. The number of rotatable bonds is 4. The number of benzene rings is 1. The predicted molar refractivity (Wildman–Crippen MR) is 90.1 cm³/mol. The Hall–Kier alpha value is -2.28. The molecule has 0 unspecified atom stereocenters. The van der Waals surface area contributed by atoms with Gasteiger partial charge in [0.25, 0.3) is 5.56 Å². The molecule has 1 fully saturated rings. The van der Waals surface area contributed by atoms with Crippen molar-refractivity contribution in [1.82, 2.24) is 15.2 Å². The first-order valence-corrected chi connectivity index (χ1v) is 8.06. The van der Waals surface area contributed by atoms with Gasteiger partial charge in [-0.05, 0) is 47.0 Å². The molecule has 1 aliphatic carbocycles. The molecule has 1 aliphatic rings. The molecule has 23 heavy (non-hydrogen) atoms. The van der Waals surface area contributed by atoms with Crippen LogP contribution in [0.1, 0.15) is 12.8 Å². The number of fused-ring (bicyclic) bond motifs is 1. The van der Waals surface area contributed by atoms with Gasteiger partial charge in [0, 0.05) is 5.56 Å². The summed E-state index contributed by atoms with van der Waals surface area (Å²) in [6.45, 7) is 0. The molecule has 0 saturated heterocycles. The largest absolute Gasteiger partial charge is 0.493 e. The smallest absolute Gasteiger partial charge is 0.274 e. The number of aromatic nitrogens is 3. The quantitative estimate of drug-likeness (QED) is 0.733. The highest BCUT2D eigenvalue weighted by molar-refractivity contribution is 9.10. The zero-order valence-corrected chi connectivity index (χ0v) is 13.9. The maximum atomic E-state index is 12.0. The van der Waals surface area contributed by atoms with Crippen LogP contribution in [0.25, 0.3) is 22.2 Å². The molecular formula is C16H14BrN3O3. The third-order valence-electron chi connectivity index (χ3n) is 3.83. The van der Waals surface area contributed by atoms with E-state index >= 15 is 0 Å². The number of hydrogen-bond acceptors (Lipinski definition) is 4. The van der Waals surface area contributed by atoms with Crippen LogP contribution >= 0.6 is 15.9 Å². The van der Waals surface area contributed by atoms with Crippen LogP contribution < -0.4 is 15.0 Å². The van der Waals surface area contributed by atoms with Gasteiger partial charge in [-0.2, -0.15) is 5.10 Å². The summed E-state index contributed by atoms with van der Waals surface area (Å²) in [5, 5.41) is 6.81. The van der Waals surface area contributed by atoms with Gasteiger partial charge < -0.3 is 14.5 Å². The van der Waals surface area contributed by atoms with E-state index in [0.29, 0.717) is 26.9 Å². The highest BCUT2D eigenvalue weighted by Crippen LogP contribution is 2.39. The van der Waals surface area contributed by atoms with E-state index in [2.05, 4.69) is 31.1 Å². The van der Waals surface area contributed by atoms with Gasteiger partial charge in [-0.25, -0.2) is 5.10 Å². The van der Waals surface area contributed by atoms with Crippen LogP contribution in [0.4, 0.5) is 0 Å². The molecule has 0 spiro atoms. The number of aromatic amines is 2. The topological polar surface area (TPSA) is 80.0 Å². The summed E-state index contributed by atoms with van der Waals surface area (Å²) in [5.41, 5.74) is 2.15. The van der Waals surface area contributed by atoms with E-state index in [4.69, 9.17) is 9.47 Å². The second kappa shape index (κ2) is 5.42. The van der Waals surface area contributed by atoms with Crippen LogP contribution in [0, 0.1) is 0 Å². The fourth-order valence-corrected chi connectivity index (χ4v) is 3.24. The molecule has 0 radical (unpaired) electrons. The lowest BCUT2D eigenvalue weighted by Crippen LogP contribution is -2.06. The van der Waals surface area contributed by atoms with Crippen molar-refractivity contribution in [2.45, 2.75) is 18.9 Å². The molecule has 0 aliphatic heterocycles. The maximum absolute atomic E-state index is 12.0. The van der Waals surface area contributed by atoms with Crippen LogP contribution in [0.3, 0.4) is 0 Å². The first-order valence-electron chi connectivity index (χ1n) is 7.27. The Morgan fingerprint density at radius 1 is 1.30 bits per heavy atom. The second-order valence-corrected chi connectivity index (χ2v) is 6.28. The van der Waals surface area contributed by atoms with Gasteiger partial charge in [0.05, 0.1) is 40.5 Å². The van der Waals surface area contributed by atoms with E-state index in [1.807, 2.05) is 18.2 Å². The van der Waals surface area contributed by atoms with Crippen LogP contribution in [0.2, 0.25) is 0 Å². The molecule has 3 aromatic rings. The summed E-state index contributed by atoms with van der Waals surface area (Å²) in [5.74, 6) is 1.41. The van der Waals surface area contributed by atoms with Crippen molar-refractivity contribution in [2.24, 2.45) is 0 Å². The molecule has 118 valence electrons. The molecule has 1 aromatic carbocycles. The number of halogens is 1. The van der Waals surface area contributed by atoms with E-state index < -0.39 is 0 Å². The first kappa shape index (κ1) is 14.3. The second-order valence-electron chi connectivity index (χ2n) is 5.48. The van der Waals surface area contributed by atoms with Gasteiger partial charge in [0.1, 0.15) is 0 Å². The van der Waals surface area contributed by atoms with Crippen molar-refractivity contribution >= 4 is 26.8 Å². The number of hydrogen-bond donors (Lipinski definition) is 2. The van der Waals surface area contributed by atoms with Gasteiger partial charge in [0.15, 0.2) is 11.5 Å². The molecule has 2 N–H and O–H groups in total. The minimum absolute atomic E-state index is 0.236. The van der Waals surface area contributed by atoms with Crippen molar-refractivity contribution in [3.8, 4) is 22.8 Å². The maximum Gasteiger partial charge on any atom is 0.274 e. The highest BCUT2D eigenvalue weighted by atomic mass is 79.9. The Morgan fingerprint density at radius 2 is 2.13 bits per heavy atom. The lowest BCUT2D eigenvalue weighted by atomic mass is 10.1. The van der Waals surface area contributed by atoms with Crippen molar-refractivity contribution < 1.29 is 9.47 Å². The molecule has 7 heteroatoms. The van der Waals surface area contributed by atoms with Gasteiger partial charge in [-0.1, -0.05) is 0 Å². The summed E-state index contributed by atoms with van der Waals surface area (Å²) in [7, 11) is 1.62. The molecule has 4 rings (SSSR count). The zero-order valence-electron chi connectivity index (χ0n) is 12.4. The Bertz CT molecular complexity index is 943. The van der Waals surface area contributed by atoms with Crippen molar-refractivity contribution in [2.75, 3.05) is 7.11 Å². The van der Waals surface area contributed by atoms with E-state index in [1.165, 1.54) is 0 Å². The summed E-state index contributed by atoms with van der Waals surface area (Å²) in [6, 6.07) is 5.72. The lowest BCUT2D eigenvalue weighted by molar-refractivity contribution is 0.282. The first-order chi connectivity index (χ1) is 11.2. The number of nitrogens with zero attached hydrogens (tertiary/aromatic N) is 1. The fourth-order valence-electron chi connectivity index (χ4n) is 2.51. The third kappa shape index (κ3) is 2.50. The molecular weight excluding hydrogens is 362 g/mol. The van der Waals surface area contributed by atoms with Crippen molar-refractivity contribution in [3.63, 3.8) is 0 Å². The average Bonchev–Trinajstić information content (AvgIpc) is 3.29. The Kier molecular flexibility index (Phi) is 3.37. The molecule has 6 nitrogen and oxygen atoms in total. The SMILES string of the molecule is COc1ccc(-c2[nH]c3cn[nH]c(=O)c3c2Br)cc1OC1CC1. The molecule has 0 bridgehead atoms. The van der Waals surface area contributed by atoms with Crippen LogP contribution in [-0.2, 0) is 0 Å². The minimum Gasteiger partial charge on any atom is -0.493 e. The Labute approximate surface area is 139 Å². The third-order valence-corrected chi connectivity index (χ3v) is 4.62. The standard InChI is InChI=1S/C16H14BrN3O3/c1-22-11-5-2-8(6-12(11)23-9-3-4-9)15-14(17)13-10(19-15)7-18-20-16(13)21/h2,5-7,9,19H,3-4H2,1H3,(H,20,21). The lowest BCUT2D eigenvalue weighted by Gasteiger charge is -2.11. The van der Waals surface area contributed by atoms with E-state index in [9.17, 15) is 4.79 Å². The van der Waals surface area contributed by atoms with Gasteiger partial charge in [-0.3, -0.25) is 4.79 Å². The van der Waals surface area contributed by atoms with Crippen LogP contribution in [-0.4, -0.2) is 28.4 Å². The van der Waals surface area contributed by atoms with Gasteiger partial charge in [0.2, 0.25) is 0 Å². The van der Waals surface area contributed by atoms with Gasteiger partial charge >= 0.3 is 0 Å². The molecule has 0 atom stereocenters. The monoisotopic (exact) mass is 375 g/mol. The Morgan fingerprint density at radius 3 is 2.83 bits per heavy atom. The van der Waals surface area contributed by atoms with Crippen molar-refractivity contribution in [3.05, 3.63) is 39.2 Å². The molecule has 2 aromatic heterocycles. The number of methoxy groups -OCH3 is 1.